The number of aromatic hydroxyl groups is 1. The van der Waals surface area contributed by atoms with E-state index in [1.54, 1.807) is 31.2 Å². The van der Waals surface area contributed by atoms with Gasteiger partial charge in [0.1, 0.15) is 5.75 Å². The normalized spacial score (nSPS) is 10.7. The number of carbonyl (C=O) groups excluding carboxylic acids is 1. The molecule has 6 heteroatoms. The molecule has 0 radical (unpaired) electrons. The summed E-state index contributed by atoms with van der Waals surface area (Å²) in [5, 5.41) is 31.7. The first-order valence-corrected chi connectivity index (χ1v) is 8.67. The number of anilines is 1. The first-order valence-electron chi connectivity index (χ1n) is 7.88. The van der Waals surface area contributed by atoms with Crippen LogP contribution in [0.5, 0.6) is 5.75 Å². The molecule has 0 unspecified atom stereocenters. The average molecular weight is 412 g/mol. The van der Waals surface area contributed by atoms with Crippen molar-refractivity contribution in [2.75, 3.05) is 5.32 Å². The van der Waals surface area contributed by atoms with Crippen LogP contribution in [0.25, 0.3) is 0 Å². The van der Waals surface area contributed by atoms with Gasteiger partial charge in [0.2, 0.25) is 0 Å². The smallest absolute Gasteiger partial charge is 0.259 e. The van der Waals surface area contributed by atoms with Gasteiger partial charge >= 0.3 is 0 Å². The van der Waals surface area contributed by atoms with Gasteiger partial charge in [-0.2, -0.15) is 10.5 Å². The van der Waals surface area contributed by atoms with Gasteiger partial charge in [0.05, 0.1) is 34.5 Å². The van der Waals surface area contributed by atoms with Crippen LogP contribution in [0.15, 0.2) is 28.7 Å². The van der Waals surface area contributed by atoms with Crippen LogP contribution in [-0.4, -0.2) is 11.0 Å². The van der Waals surface area contributed by atoms with Gasteiger partial charge in [-0.3, -0.25) is 4.79 Å². The Bertz CT molecular complexity index is 977. The molecule has 0 aliphatic rings. The standard InChI is InChI=1S/C20H18BrN3O2/c1-11-13(10-23)8-14(20(2,3)4)18(25)17(11)19(26)24-16-6-5-12(9-22)7-15(16)21/h5-8,25H,1-4H3,(H,24,26). The Morgan fingerprint density at radius 1 is 1.19 bits per heavy atom. The molecular weight excluding hydrogens is 394 g/mol. The number of nitrogens with zero attached hydrogens (tertiary/aromatic N) is 2. The molecule has 0 aromatic heterocycles. The van der Waals surface area contributed by atoms with E-state index in [4.69, 9.17) is 5.26 Å². The second-order valence-corrected chi connectivity index (χ2v) is 7.80. The van der Waals surface area contributed by atoms with E-state index in [2.05, 4.69) is 27.3 Å². The number of halogens is 1. The zero-order chi connectivity index (χ0) is 19.6. The molecule has 0 atom stereocenters. The van der Waals surface area contributed by atoms with Crippen molar-refractivity contribution < 1.29 is 9.90 Å². The van der Waals surface area contributed by atoms with Gasteiger partial charge in [-0.15, -0.1) is 0 Å². The average Bonchev–Trinajstić information content (AvgIpc) is 2.55. The highest BCUT2D eigenvalue weighted by Crippen LogP contribution is 2.37. The second kappa shape index (κ2) is 7.19. The van der Waals surface area contributed by atoms with E-state index in [-0.39, 0.29) is 11.3 Å². The number of phenolic OH excluding ortho intramolecular Hbond substituents is 1. The summed E-state index contributed by atoms with van der Waals surface area (Å²) in [5.74, 6) is -0.649. The Kier molecular flexibility index (Phi) is 5.39. The lowest BCUT2D eigenvalue weighted by molar-refractivity contribution is 0.102. The highest BCUT2D eigenvalue weighted by atomic mass is 79.9. The molecule has 0 saturated heterocycles. The number of amides is 1. The molecule has 0 fully saturated rings. The quantitative estimate of drug-likeness (QED) is 0.744. The predicted molar refractivity (Wildman–Crippen MR) is 103 cm³/mol. The molecule has 0 saturated carbocycles. The minimum absolute atomic E-state index is 0.0743. The lowest BCUT2D eigenvalue weighted by atomic mass is 9.82. The summed E-state index contributed by atoms with van der Waals surface area (Å²) >= 11 is 3.32. The summed E-state index contributed by atoms with van der Waals surface area (Å²) in [5.41, 5.74) is 1.85. The van der Waals surface area contributed by atoms with Crippen LogP contribution < -0.4 is 5.32 Å². The minimum Gasteiger partial charge on any atom is -0.507 e. The largest absolute Gasteiger partial charge is 0.507 e. The fraction of sp³-hybridized carbons (Fsp3) is 0.250. The van der Waals surface area contributed by atoms with Gasteiger partial charge in [-0.1, -0.05) is 20.8 Å². The Labute approximate surface area is 161 Å². The molecule has 0 aliphatic heterocycles. The van der Waals surface area contributed by atoms with Crippen LogP contribution in [0, 0.1) is 29.6 Å². The minimum atomic E-state index is -0.520. The fourth-order valence-electron chi connectivity index (χ4n) is 2.60. The number of hydrogen-bond acceptors (Lipinski definition) is 4. The van der Waals surface area contributed by atoms with Gasteiger partial charge in [0.25, 0.3) is 5.91 Å². The van der Waals surface area contributed by atoms with Crippen molar-refractivity contribution >= 4 is 27.5 Å². The van der Waals surface area contributed by atoms with Gasteiger partial charge in [0, 0.05) is 10.0 Å². The molecule has 1 amide bonds. The summed E-state index contributed by atoms with van der Waals surface area (Å²) in [6.45, 7) is 7.33. The number of phenols is 1. The number of hydrogen-bond donors (Lipinski definition) is 2. The number of carbonyl (C=O) groups is 1. The zero-order valence-electron chi connectivity index (χ0n) is 14.9. The van der Waals surface area contributed by atoms with Crippen molar-refractivity contribution in [1.82, 2.24) is 0 Å². The molecule has 2 aromatic carbocycles. The molecule has 0 aliphatic carbocycles. The molecule has 0 bridgehead atoms. The highest BCUT2D eigenvalue weighted by molar-refractivity contribution is 9.10. The van der Waals surface area contributed by atoms with Gasteiger partial charge in [-0.25, -0.2) is 0 Å². The number of rotatable bonds is 2. The predicted octanol–water partition coefficient (Wildman–Crippen LogP) is 4.76. The SMILES string of the molecule is Cc1c(C#N)cc(C(C)(C)C)c(O)c1C(=O)Nc1ccc(C#N)cc1Br. The maximum Gasteiger partial charge on any atom is 0.259 e. The van der Waals surface area contributed by atoms with E-state index >= 15 is 0 Å². The van der Waals surface area contributed by atoms with E-state index in [0.29, 0.717) is 32.4 Å². The topological polar surface area (TPSA) is 96.9 Å². The van der Waals surface area contributed by atoms with E-state index in [1.165, 1.54) is 0 Å². The van der Waals surface area contributed by atoms with Gasteiger partial charge < -0.3 is 10.4 Å². The third-order valence-corrected chi connectivity index (χ3v) is 4.72. The van der Waals surface area contributed by atoms with Crippen molar-refractivity contribution in [2.45, 2.75) is 33.1 Å². The molecule has 2 aromatic rings. The van der Waals surface area contributed by atoms with E-state index in [0.717, 1.165) is 0 Å². The molecule has 26 heavy (non-hydrogen) atoms. The van der Waals surface area contributed by atoms with Crippen molar-refractivity contribution in [3.05, 3.63) is 56.6 Å². The molecular formula is C20H18BrN3O2. The van der Waals surface area contributed by atoms with Crippen molar-refractivity contribution in [3.8, 4) is 17.9 Å². The summed E-state index contributed by atoms with van der Waals surface area (Å²) in [6.07, 6.45) is 0. The fourth-order valence-corrected chi connectivity index (χ4v) is 3.08. The van der Waals surface area contributed by atoms with Crippen LogP contribution in [0.3, 0.4) is 0 Å². The summed E-state index contributed by atoms with van der Waals surface area (Å²) in [6, 6.07) is 10.5. The van der Waals surface area contributed by atoms with Crippen molar-refractivity contribution in [3.63, 3.8) is 0 Å². The molecule has 2 N–H and O–H groups in total. The lowest BCUT2D eigenvalue weighted by Crippen LogP contribution is -2.19. The molecule has 0 heterocycles. The van der Waals surface area contributed by atoms with E-state index < -0.39 is 11.3 Å². The van der Waals surface area contributed by atoms with Gasteiger partial charge in [-0.05, 0) is 58.1 Å². The van der Waals surface area contributed by atoms with Crippen LogP contribution in [-0.2, 0) is 5.41 Å². The second-order valence-electron chi connectivity index (χ2n) is 6.94. The van der Waals surface area contributed by atoms with Crippen LogP contribution in [0.2, 0.25) is 0 Å². The Hall–Kier alpha value is -2.83. The van der Waals surface area contributed by atoms with E-state index in [1.807, 2.05) is 26.8 Å². The maximum atomic E-state index is 12.8. The molecule has 2 rings (SSSR count). The summed E-state index contributed by atoms with van der Waals surface area (Å²) < 4.78 is 0.550. The molecule has 0 spiro atoms. The highest BCUT2D eigenvalue weighted by Gasteiger charge is 2.27. The van der Waals surface area contributed by atoms with Crippen molar-refractivity contribution in [1.29, 1.82) is 10.5 Å². The monoisotopic (exact) mass is 411 g/mol. The third-order valence-electron chi connectivity index (χ3n) is 4.06. The molecule has 132 valence electrons. The first kappa shape index (κ1) is 19.5. The van der Waals surface area contributed by atoms with E-state index in [9.17, 15) is 15.2 Å². The first-order chi connectivity index (χ1) is 12.1. The Morgan fingerprint density at radius 2 is 1.85 bits per heavy atom. The summed E-state index contributed by atoms with van der Waals surface area (Å²) in [7, 11) is 0. The number of nitrogens with one attached hydrogen (secondary N) is 1. The number of benzene rings is 2. The van der Waals surface area contributed by atoms with Crippen LogP contribution in [0.1, 0.15) is 53.4 Å². The Morgan fingerprint density at radius 3 is 2.35 bits per heavy atom. The maximum absolute atomic E-state index is 12.8. The zero-order valence-corrected chi connectivity index (χ0v) is 16.5. The summed E-state index contributed by atoms with van der Waals surface area (Å²) in [4.78, 5) is 12.8. The van der Waals surface area contributed by atoms with Crippen LogP contribution >= 0.6 is 15.9 Å². The Balaban J connectivity index is 2.56. The van der Waals surface area contributed by atoms with Crippen LogP contribution in [0.4, 0.5) is 5.69 Å². The molecule has 5 nitrogen and oxygen atoms in total. The number of nitriles is 2. The lowest BCUT2D eigenvalue weighted by Gasteiger charge is -2.23. The van der Waals surface area contributed by atoms with Gasteiger partial charge in [0.15, 0.2) is 0 Å². The van der Waals surface area contributed by atoms with Crippen molar-refractivity contribution in [2.24, 2.45) is 0 Å². The third kappa shape index (κ3) is 3.71.